The molecule has 5 aromatic carbocycles. The standard InChI is InChI=1S/C34H22Cl3FN2/c35-29-32(38)30(36)34(40-27-15-7-3-11-23(27)19-20-24-12-4-8-16-28(24)40)31(37)33(29)39-25-13-5-1-9-21(25)17-18-22-10-2-6-14-26(22)39/h1-18H,19-20H2. The van der Waals surface area contributed by atoms with Crippen LogP contribution in [0.4, 0.5) is 38.5 Å². The third-order valence-electron chi connectivity index (χ3n) is 7.59. The Bertz CT molecular complexity index is 1700. The maximum atomic E-state index is 16.3. The van der Waals surface area contributed by atoms with Crippen molar-refractivity contribution in [1.82, 2.24) is 0 Å². The second-order valence-corrected chi connectivity index (χ2v) is 11.0. The van der Waals surface area contributed by atoms with E-state index in [9.17, 15) is 0 Å². The average Bonchev–Trinajstić information content (AvgIpc) is 3.26. The van der Waals surface area contributed by atoms with Crippen LogP contribution in [0.15, 0.2) is 97.1 Å². The summed E-state index contributed by atoms with van der Waals surface area (Å²) in [5, 5.41) is -0.00386. The Morgan fingerprint density at radius 1 is 0.475 bits per heavy atom. The van der Waals surface area contributed by atoms with Crippen molar-refractivity contribution in [3.63, 3.8) is 0 Å². The summed E-state index contributed by atoms with van der Waals surface area (Å²) >= 11 is 21.1. The number of benzene rings is 5. The molecule has 2 nitrogen and oxygen atoms in total. The van der Waals surface area contributed by atoms with E-state index in [1.54, 1.807) is 0 Å². The number of halogens is 4. The van der Waals surface area contributed by atoms with E-state index < -0.39 is 5.82 Å². The van der Waals surface area contributed by atoms with Crippen molar-refractivity contribution in [3.05, 3.63) is 140 Å². The molecule has 40 heavy (non-hydrogen) atoms. The second kappa shape index (κ2) is 10.0. The number of aryl methyl sites for hydroxylation is 2. The van der Waals surface area contributed by atoms with Crippen LogP contribution in [-0.2, 0) is 12.8 Å². The number of fused-ring (bicyclic) bond motifs is 4. The van der Waals surface area contributed by atoms with Gasteiger partial charge in [-0.2, -0.15) is 0 Å². The van der Waals surface area contributed by atoms with Crippen molar-refractivity contribution >= 4 is 81.1 Å². The molecule has 0 N–H and O–H groups in total. The van der Waals surface area contributed by atoms with Gasteiger partial charge in [-0.3, -0.25) is 0 Å². The van der Waals surface area contributed by atoms with Crippen molar-refractivity contribution in [2.45, 2.75) is 12.8 Å². The Labute approximate surface area is 247 Å². The molecule has 0 amide bonds. The molecule has 0 fully saturated rings. The molecular weight excluding hydrogens is 562 g/mol. The number of rotatable bonds is 2. The zero-order valence-corrected chi connectivity index (χ0v) is 23.5. The Morgan fingerprint density at radius 2 is 0.850 bits per heavy atom. The number of hydrogen-bond donors (Lipinski definition) is 0. The lowest BCUT2D eigenvalue weighted by atomic mass is 10.0. The molecule has 196 valence electrons. The van der Waals surface area contributed by atoms with Crippen molar-refractivity contribution in [2.75, 3.05) is 9.80 Å². The summed E-state index contributed by atoms with van der Waals surface area (Å²) in [5.41, 5.74) is 8.31. The van der Waals surface area contributed by atoms with Crippen LogP contribution >= 0.6 is 34.8 Å². The largest absolute Gasteiger partial charge is 0.307 e. The fourth-order valence-electron chi connectivity index (χ4n) is 5.74. The van der Waals surface area contributed by atoms with Gasteiger partial charge < -0.3 is 9.80 Å². The SMILES string of the molecule is Fc1c(Cl)c(N2c3ccccc3C=Cc3ccccc32)c(Cl)c(N2c3ccccc3CCc3ccccc32)c1Cl. The van der Waals surface area contributed by atoms with Crippen molar-refractivity contribution in [2.24, 2.45) is 0 Å². The lowest BCUT2D eigenvalue weighted by Gasteiger charge is -2.33. The van der Waals surface area contributed by atoms with Gasteiger partial charge in [0, 0.05) is 11.4 Å². The monoisotopic (exact) mass is 582 g/mol. The van der Waals surface area contributed by atoms with Gasteiger partial charge in [-0.05, 0) is 59.4 Å². The highest BCUT2D eigenvalue weighted by Crippen LogP contribution is 2.56. The minimum absolute atomic E-state index is 0.125. The first-order chi connectivity index (χ1) is 19.5. The normalized spacial score (nSPS) is 13.6. The lowest BCUT2D eigenvalue weighted by Crippen LogP contribution is -2.17. The van der Waals surface area contributed by atoms with Gasteiger partial charge in [-0.25, -0.2) is 4.39 Å². The summed E-state index contributed by atoms with van der Waals surface area (Å²) in [6.07, 6.45) is 5.76. The first kappa shape index (κ1) is 25.2. The number of nitrogens with zero attached hydrogens (tertiary/aromatic N) is 2. The molecule has 0 bridgehead atoms. The van der Waals surface area contributed by atoms with Crippen molar-refractivity contribution in [1.29, 1.82) is 0 Å². The van der Waals surface area contributed by atoms with Crippen LogP contribution in [0, 0.1) is 5.82 Å². The number of hydrogen-bond acceptors (Lipinski definition) is 2. The van der Waals surface area contributed by atoms with E-state index in [1.165, 1.54) is 0 Å². The highest BCUT2D eigenvalue weighted by atomic mass is 35.5. The molecule has 2 heterocycles. The molecule has 0 spiro atoms. The van der Waals surface area contributed by atoms with Crippen LogP contribution in [0.1, 0.15) is 22.3 Å². The molecule has 0 saturated carbocycles. The van der Waals surface area contributed by atoms with E-state index in [-0.39, 0.29) is 15.1 Å². The van der Waals surface area contributed by atoms with E-state index in [2.05, 4.69) is 12.1 Å². The maximum absolute atomic E-state index is 16.3. The van der Waals surface area contributed by atoms with Gasteiger partial charge in [0.15, 0.2) is 5.82 Å². The summed E-state index contributed by atoms with van der Waals surface area (Å²) in [7, 11) is 0. The lowest BCUT2D eigenvalue weighted by molar-refractivity contribution is 0.629. The Kier molecular flexibility index (Phi) is 6.31. The third kappa shape index (κ3) is 3.92. The van der Waals surface area contributed by atoms with Crippen molar-refractivity contribution in [3.8, 4) is 0 Å². The maximum Gasteiger partial charge on any atom is 0.164 e. The van der Waals surface area contributed by atoms with Crippen LogP contribution in [-0.4, -0.2) is 0 Å². The van der Waals surface area contributed by atoms with E-state index >= 15 is 4.39 Å². The van der Waals surface area contributed by atoms with Crippen LogP contribution < -0.4 is 9.80 Å². The smallest absolute Gasteiger partial charge is 0.164 e. The average molecular weight is 584 g/mol. The minimum Gasteiger partial charge on any atom is -0.307 e. The van der Waals surface area contributed by atoms with E-state index in [4.69, 9.17) is 34.8 Å². The van der Waals surface area contributed by atoms with Gasteiger partial charge >= 0.3 is 0 Å². The molecule has 0 aromatic heterocycles. The summed E-state index contributed by atoms with van der Waals surface area (Å²) in [4.78, 5) is 3.92. The summed E-state index contributed by atoms with van der Waals surface area (Å²) < 4.78 is 16.3. The Balaban J connectivity index is 1.57. The molecule has 2 aliphatic rings. The fourth-order valence-corrected chi connectivity index (χ4v) is 6.79. The first-order valence-corrected chi connectivity index (χ1v) is 14.2. The van der Waals surface area contributed by atoms with Gasteiger partial charge in [0.1, 0.15) is 10.0 Å². The quantitative estimate of drug-likeness (QED) is 0.148. The van der Waals surface area contributed by atoms with E-state index in [0.717, 1.165) is 57.8 Å². The van der Waals surface area contributed by atoms with Gasteiger partial charge in [-0.15, -0.1) is 0 Å². The topological polar surface area (TPSA) is 6.48 Å². The molecule has 0 saturated heterocycles. The van der Waals surface area contributed by atoms with Crippen LogP contribution in [0.5, 0.6) is 0 Å². The Morgan fingerprint density at radius 3 is 1.32 bits per heavy atom. The molecule has 0 aliphatic carbocycles. The molecule has 6 heteroatoms. The summed E-state index contributed by atoms with van der Waals surface area (Å²) in [6, 6.07) is 32.1. The Hall–Kier alpha value is -3.76. The zero-order valence-electron chi connectivity index (χ0n) is 21.2. The second-order valence-electron chi connectivity index (χ2n) is 9.83. The van der Waals surface area contributed by atoms with E-state index in [0.29, 0.717) is 11.4 Å². The van der Waals surface area contributed by atoms with E-state index in [1.807, 2.05) is 107 Å². The summed E-state index contributed by atoms with van der Waals surface area (Å²) in [6.45, 7) is 0. The molecule has 2 aliphatic heterocycles. The van der Waals surface area contributed by atoms with Gasteiger partial charge in [0.05, 0.1) is 27.8 Å². The molecule has 7 rings (SSSR count). The molecular formula is C34H22Cl3FN2. The van der Waals surface area contributed by atoms with Gasteiger partial charge in [0.25, 0.3) is 0 Å². The van der Waals surface area contributed by atoms with Crippen molar-refractivity contribution < 1.29 is 4.39 Å². The molecule has 0 unspecified atom stereocenters. The van der Waals surface area contributed by atoms with Crippen LogP contribution in [0.25, 0.3) is 12.2 Å². The highest BCUT2D eigenvalue weighted by Gasteiger charge is 2.34. The molecule has 0 radical (unpaired) electrons. The first-order valence-electron chi connectivity index (χ1n) is 13.0. The summed E-state index contributed by atoms with van der Waals surface area (Å²) in [5.74, 6) is -0.718. The van der Waals surface area contributed by atoms with Crippen LogP contribution in [0.2, 0.25) is 15.1 Å². The number of para-hydroxylation sites is 4. The highest BCUT2D eigenvalue weighted by molar-refractivity contribution is 6.46. The predicted molar refractivity (Wildman–Crippen MR) is 167 cm³/mol. The predicted octanol–water partition coefficient (Wildman–Crippen LogP) is 11.3. The minimum atomic E-state index is -0.718. The molecule has 5 aromatic rings. The number of anilines is 6. The van der Waals surface area contributed by atoms with Gasteiger partial charge in [0.2, 0.25) is 0 Å². The third-order valence-corrected chi connectivity index (χ3v) is 8.64. The fraction of sp³-hybridized carbons (Fsp3) is 0.0588. The van der Waals surface area contributed by atoms with Crippen LogP contribution in [0.3, 0.4) is 0 Å². The zero-order chi connectivity index (χ0) is 27.4. The van der Waals surface area contributed by atoms with Gasteiger partial charge in [-0.1, -0.05) is 120 Å². The molecule has 0 atom stereocenters.